The van der Waals surface area contributed by atoms with E-state index < -0.39 is 0 Å². The van der Waals surface area contributed by atoms with Gasteiger partial charge < -0.3 is 9.88 Å². The molecular weight excluding hydrogens is 230 g/mol. The van der Waals surface area contributed by atoms with Crippen LogP contribution in [0.2, 0.25) is 0 Å². The monoisotopic (exact) mass is 247 g/mol. The molecule has 0 saturated carbocycles. The van der Waals surface area contributed by atoms with Gasteiger partial charge in [0, 0.05) is 35.9 Å². The first kappa shape index (κ1) is 11.9. The fourth-order valence-electron chi connectivity index (χ4n) is 1.98. The molecule has 0 aliphatic heterocycles. The Balaban J connectivity index is 2.45. The van der Waals surface area contributed by atoms with Gasteiger partial charge in [-0.15, -0.1) is 17.9 Å². The van der Waals surface area contributed by atoms with Crippen molar-refractivity contribution >= 4 is 16.5 Å². The second kappa shape index (κ2) is 4.75. The maximum absolute atomic E-state index is 4.54. The smallest absolute Gasteiger partial charge is 0.182 e. The molecule has 2 rings (SSSR count). The molecule has 3 nitrogen and oxygen atoms in total. The summed E-state index contributed by atoms with van der Waals surface area (Å²) in [4.78, 5) is 4.54. The Labute approximate surface area is 106 Å². The summed E-state index contributed by atoms with van der Waals surface area (Å²) in [6, 6.07) is 2.19. The SMILES string of the molecule is C=CCn1c(C)cc(-c2csc(NC)n2)c1C. The number of rotatable bonds is 4. The third-order valence-corrected chi connectivity index (χ3v) is 3.74. The standard InChI is InChI=1S/C13H17N3S/c1-5-6-16-9(2)7-11(10(16)3)12-8-17-13(14-4)15-12/h5,7-8H,1,6H2,2-4H3,(H,14,15). The highest BCUT2D eigenvalue weighted by Gasteiger charge is 2.12. The normalized spacial score (nSPS) is 10.5. The number of aromatic nitrogens is 2. The molecule has 0 bridgehead atoms. The van der Waals surface area contributed by atoms with Crippen LogP contribution in [0.3, 0.4) is 0 Å². The van der Waals surface area contributed by atoms with E-state index in [4.69, 9.17) is 0 Å². The lowest BCUT2D eigenvalue weighted by Gasteiger charge is -2.05. The first-order valence-corrected chi connectivity index (χ1v) is 6.46. The molecule has 2 aromatic heterocycles. The lowest BCUT2D eigenvalue weighted by Crippen LogP contribution is -1.99. The van der Waals surface area contributed by atoms with Gasteiger partial charge in [-0.2, -0.15) is 0 Å². The number of nitrogens with one attached hydrogen (secondary N) is 1. The van der Waals surface area contributed by atoms with Crippen molar-refractivity contribution in [2.75, 3.05) is 12.4 Å². The van der Waals surface area contributed by atoms with Gasteiger partial charge in [0.15, 0.2) is 5.13 Å². The number of aryl methyl sites for hydroxylation is 1. The van der Waals surface area contributed by atoms with Crippen molar-refractivity contribution in [1.82, 2.24) is 9.55 Å². The molecule has 2 aromatic rings. The molecule has 0 unspecified atom stereocenters. The second-order valence-electron chi connectivity index (χ2n) is 3.97. The zero-order valence-corrected chi connectivity index (χ0v) is 11.3. The molecule has 0 aromatic carbocycles. The summed E-state index contributed by atoms with van der Waals surface area (Å²) in [6.45, 7) is 8.89. The molecule has 90 valence electrons. The van der Waals surface area contributed by atoms with Crippen LogP contribution in [0.1, 0.15) is 11.4 Å². The lowest BCUT2D eigenvalue weighted by atomic mass is 10.2. The average Bonchev–Trinajstić information content (AvgIpc) is 2.89. The summed E-state index contributed by atoms with van der Waals surface area (Å²) in [6.07, 6.45) is 1.92. The zero-order chi connectivity index (χ0) is 12.4. The van der Waals surface area contributed by atoms with Crippen LogP contribution in [0.25, 0.3) is 11.3 Å². The number of thiazole rings is 1. The molecular formula is C13H17N3S. The number of hydrogen-bond acceptors (Lipinski definition) is 3. The maximum Gasteiger partial charge on any atom is 0.182 e. The van der Waals surface area contributed by atoms with Crippen molar-refractivity contribution in [2.24, 2.45) is 0 Å². The fraction of sp³-hybridized carbons (Fsp3) is 0.308. The molecule has 0 aliphatic rings. The Hall–Kier alpha value is -1.55. The van der Waals surface area contributed by atoms with Crippen LogP contribution < -0.4 is 5.32 Å². The quantitative estimate of drug-likeness (QED) is 0.839. The lowest BCUT2D eigenvalue weighted by molar-refractivity contribution is 0.770. The van der Waals surface area contributed by atoms with Crippen LogP contribution in [-0.2, 0) is 6.54 Å². The summed E-state index contributed by atoms with van der Waals surface area (Å²) in [7, 11) is 1.89. The predicted molar refractivity (Wildman–Crippen MR) is 74.8 cm³/mol. The Morgan fingerprint density at radius 3 is 2.88 bits per heavy atom. The summed E-state index contributed by atoms with van der Waals surface area (Å²) < 4.78 is 2.25. The Morgan fingerprint density at radius 2 is 2.29 bits per heavy atom. The predicted octanol–water partition coefficient (Wildman–Crippen LogP) is 3.46. The van der Waals surface area contributed by atoms with Gasteiger partial charge in [-0.25, -0.2) is 4.98 Å². The van der Waals surface area contributed by atoms with E-state index in [2.05, 4.69) is 46.7 Å². The van der Waals surface area contributed by atoms with Gasteiger partial charge in [-0.3, -0.25) is 0 Å². The van der Waals surface area contributed by atoms with Crippen LogP contribution in [0.5, 0.6) is 0 Å². The summed E-state index contributed by atoms with van der Waals surface area (Å²) in [5.74, 6) is 0. The van der Waals surface area contributed by atoms with E-state index in [1.165, 1.54) is 17.0 Å². The van der Waals surface area contributed by atoms with Gasteiger partial charge in [0.05, 0.1) is 5.69 Å². The third-order valence-electron chi connectivity index (χ3n) is 2.88. The van der Waals surface area contributed by atoms with Gasteiger partial charge in [0.25, 0.3) is 0 Å². The maximum atomic E-state index is 4.54. The summed E-state index contributed by atoms with van der Waals surface area (Å²) in [5.41, 5.74) is 4.75. The van der Waals surface area contributed by atoms with Crippen molar-refractivity contribution in [2.45, 2.75) is 20.4 Å². The minimum Gasteiger partial charge on any atom is -0.365 e. The van der Waals surface area contributed by atoms with Crippen LogP contribution in [-0.4, -0.2) is 16.6 Å². The molecule has 1 N–H and O–H groups in total. The van der Waals surface area contributed by atoms with Crippen LogP contribution in [0, 0.1) is 13.8 Å². The topological polar surface area (TPSA) is 29.9 Å². The Morgan fingerprint density at radius 1 is 1.53 bits per heavy atom. The van der Waals surface area contributed by atoms with Crippen molar-refractivity contribution in [3.63, 3.8) is 0 Å². The number of allylic oxidation sites excluding steroid dienone is 1. The molecule has 17 heavy (non-hydrogen) atoms. The Kier molecular flexibility index (Phi) is 3.33. The second-order valence-corrected chi connectivity index (χ2v) is 4.83. The van der Waals surface area contributed by atoms with E-state index in [0.29, 0.717) is 0 Å². The Bertz CT molecular complexity index is 537. The summed E-state index contributed by atoms with van der Waals surface area (Å²) in [5, 5.41) is 6.11. The van der Waals surface area contributed by atoms with Gasteiger partial charge >= 0.3 is 0 Å². The van der Waals surface area contributed by atoms with E-state index in [9.17, 15) is 0 Å². The van der Waals surface area contributed by atoms with Gasteiger partial charge in [0.1, 0.15) is 0 Å². The number of nitrogens with zero attached hydrogens (tertiary/aromatic N) is 2. The van der Waals surface area contributed by atoms with Crippen LogP contribution >= 0.6 is 11.3 Å². The van der Waals surface area contributed by atoms with Gasteiger partial charge in [-0.1, -0.05) is 6.08 Å². The first-order valence-electron chi connectivity index (χ1n) is 5.58. The van der Waals surface area contributed by atoms with E-state index in [-0.39, 0.29) is 0 Å². The highest BCUT2D eigenvalue weighted by Crippen LogP contribution is 2.29. The van der Waals surface area contributed by atoms with E-state index in [1.807, 2.05) is 13.1 Å². The number of hydrogen-bond donors (Lipinski definition) is 1. The van der Waals surface area contributed by atoms with Crippen LogP contribution in [0.4, 0.5) is 5.13 Å². The first-order chi connectivity index (χ1) is 8.17. The molecule has 0 amide bonds. The average molecular weight is 247 g/mol. The van der Waals surface area contributed by atoms with Gasteiger partial charge in [-0.05, 0) is 19.9 Å². The molecule has 0 spiro atoms. The summed E-state index contributed by atoms with van der Waals surface area (Å²) >= 11 is 1.63. The van der Waals surface area contributed by atoms with Crippen molar-refractivity contribution in [1.29, 1.82) is 0 Å². The molecule has 0 atom stereocenters. The zero-order valence-electron chi connectivity index (χ0n) is 10.4. The van der Waals surface area contributed by atoms with Gasteiger partial charge in [0.2, 0.25) is 0 Å². The largest absolute Gasteiger partial charge is 0.365 e. The molecule has 4 heteroatoms. The van der Waals surface area contributed by atoms with E-state index in [1.54, 1.807) is 11.3 Å². The van der Waals surface area contributed by atoms with Crippen molar-refractivity contribution < 1.29 is 0 Å². The van der Waals surface area contributed by atoms with E-state index >= 15 is 0 Å². The highest BCUT2D eigenvalue weighted by molar-refractivity contribution is 7.14. The molecule has 0 saturated heterocycles. The van der Waals surface area contributed by atoms with Crippen molar-refractivity contribution in [3.8, 4) is 11.3 Å². The van der Waals surface area contributed by atoms with E-state index in [0.717, 1.165) is 17.4 Å². The molecule has 2 heterocycles. The molecule has 0 fully saturated rings. The van der Waals surface area contributed by atoms with Crippen LogP contribution in [0.15, 0.2) is 24.1 Å². The minimum atomic E-state index is 0.848. The highest BCUT2D eigenvalue weighted by atomic mass is 32.1. The van der Waals surface area contributed by atoms with Crippen molar-refractivity contribution in [3.05, 3.63) is 35.5 Å². The minimum absolute atomic E-state index is 0.848. The third kappa shape index (κ3) is 2.13. The molecule has 0 aliphatic carbocycles. The number of anilines is 1. The molecule has 0 radical (unpaired) electrons. The fourth-order valence-corrected chi connectivity index (χ4v) is 2.65.